The van der Waals surface area contributed by atoms with Crippen LogP contribution in [0.3, 0.4) is 0 Å². The van der Waals surface area contributed by atoms with E-state index in [0.29, 0.717) is 23.1 Å². The van der Waals surface area contributed by atoms with Crippen LogP contribution in [0.1, 0.15) is 47.5 Å². The average Bonchev–Trinajstić information content (AvgIpc) is 2.87. The van der Waals surface area contributed by atoms with Crippen LogP contribution >= 0.6 is 0 Å². The lowest BCUT2D eigenvalue weighted by atomic mass is 9.52. The van der Waals surface area contributed by atoms with Crippen molar-refractivity contribution in [3.05, 3.63) is 34.6 Å². The predicted molar refractivity (Wildman–Crippen MR) is 92.6 cm³/mol. The first-order valence-electron chi connectivity index (χ1n) is 8.83. The molecule has 1 N–H and O–H groups in total. The standard InChI is InChI=1S/C20H24O6/c1-6-10(2)17(22)26-16-15-12(4)18(23)25-13(15)9-20(24)14(21)8-7-11(3)19(16,20)5/h6,9,11,16,24H,7-8H2,1-5H3. The predicted octanol–water partition coefficient (Wildman–Crippen LogP) is 2.37. The number of rotatable bonds is 2. The molecule has 0 radical (unpaired) electrons. The quantitative estimate of drug-likeness (QED) is 0.601. The molecule has 0 aromatic rings. The van der Waals surface area contributed by atoms with Crippen LogP contribution in [-0.2, 0) is 23.9 Å². The van der Waals surface area contributed by atoms with Crippen molar-refractivity contribution in [1.29, 1.82) is 0 Å². The van der Waals surface area contributed by atoms with Crippen molar-refractivity contribution < 1.29 is 29.0 Å². The monoisotopic (exact) mass is 360 g/mol. The van der Waals surface area contributed by atoms with Crippen molar-refractivity contribution >= 4 is 17.7 Å². The largest absolute Gasteiger partial charge is 0.453 e. The maximum Gasteiger partial charge on any atom is 0.339 e. The second-order valence-corrected chi connectivity index (χ2v) is 7.61. The van der Waals surface area contributed by atoms with Crippen LogP contribution in [-0.4, -0.2) is 34.5 Å². The minimum Gasteiger partial charge on any atom is -0.453 e. The van der Waals surface area contributed by atoms with E-state index in [1.807, 2.05) is 6.92 Å². The topological polar surface area (TPSA) is 89.9 Å². The van der Waals surface area contributed by atoms with Crippen LogP contribution in [0.15, 0.2) is 34.6 Å². The molecule has 1 heterocycles. The van der Waals surface area contributed by atoms with Crippen LogP contribution in [0, 0.1) is 11.3 Å². The Hall–Kier alpha value is -2.21. The molecule has 1 aliphatic heterocycles. The zero-order valence-electron chi connectivity index (χ0n) is 15.7. The molecule has 1 saturated carbocycles. The number of ketones is 1. The zero-order valence-corrected chi connectivity index (χ0v) is 15.7. The lowest BCUT2D eigenvalue weighted by Gasteiger charge is -2.55. The molecule has 0 spiro atoms. The summed E-state index contributed by atoms with van der Waals surface area (Å²) in [5.41, 5.74) is -1.77. The van der Waals surface area contributed by atoms with E-state index in [-0.39, 0.29) is 23.9 Å². The van der Waals surface area contributed by atoms with Gasteiger partial charge in [-0.25, -0.2) is 9.59 Å². The molecule has 0 amide bonds. The first-order chi connectivity index (χ1) is 12.1. The molecular formula is C20H24O6. The number of hydrogen-bond donors (Lipinski definition) is 1. The fraction of sp³-hybridized carbons (Fsp3) is 0.550. The number of allylic oxidation sites excluding steroid dienone is 1. The summed E-state index contributed by atoms with van der Waals surface area (Å²) < 4.78 is 11.0. The van der Waals surface area contributed by atoms with Gasteiger partial charge in [-0.1, -0.05) is 19.9 Å². The maximum atomic E-state index is 12.7. The number of fused-ring (bicyclic) bond motifs is 2. The van der Waals surface area contributed by atoms with Gasteiger partial charge < -0.3 is 14.6 Å². The zero-order chi connectivity index (χ0) is 19.4. The minimum atomic E-state index is -1.86. The Balaban J connectivity index is 2.23. The summed E-state index contributed by atoms with van der Waals surface area (Å²) in [6, 6.07) is 0. The summed E-state index contributed by atoms with van der Waals surface area (Å²) in [4.78, 5) is 37.3. The molecule has 0 saturated heterocycles. The van der Waals surface area contributed by atoms with Gasteiger partial charge in [0.25, 0.3) is 0 Å². The normalized spacial score (nSPS) is 37.0. The molecule has 6 heteroatoms. The molecule has 4 atom stereocenters. The Morgan fingerprint density at radius 3 is 2.69 bits per heavy atom. The second-order valence-electron chi connectivity index (χ2n) is 7.61. The summed E-state index contributed by atoms with van der Waals surface area (Å²) in [5, 5.41) is 11.3. The van der Waals surface area contributed by atoms with Crippen LogP contribution in [0.25, 0.3) is 0 Å². The van der Waals surface area contributed by atoms with Gasteiger partial charge in [0.15, 0.2) is 11.4 Å². The number of carbonyl (C=O) groups excluding carboxylic acids is 3. The van der Waals surface area contributed by atoms with Gasteiger partial charge in [-0.15, -0.1) is 0 Å². The van der Waals surface area contributed by atoms with Crippen molar-refractivity contribution in [3.8, 4) is 0 Å². The highest BCUT2D eigenvalue weighted by molar-refractivity contribution is 5.98. The van der Waals surface area contributed by atoms with Gasteiger partial charge in [-0.2, -0.15) is 0 Å². The number of Topliss-reactive ketones (excluding diaryl/α,β-unsaturated/α-hetero) is 1. The van der Waals surface area contributed by atoms with Gasteiger partial charge in [0.05, 0.1) is 5.41 Å². The van der Waals surface area contributed by atoms with Gasteiger partial charge in [0, 0.05) is 23.1 Å². The summed E-state index contributed by atoms with van der Waals surface area (Å²) in [5.74, 6) is -1.46. The van der Waals surface area contributed by atoms with Gasteiger partial charge in [0.2, 0.25) is 0 Å². The maximum absolute atomic E-state index is 12.7. The van der Waals surface area contributed by atoms with Gasteiger partial charge in [-0.05, 0) is 39.2 Å². The molecule has 0 bridgehead atoms. The molecular weight excluding hydrogens is 336 g/mol. The van der Waals surface area contributed by atoms with E-state index < -0.39 is 29.1 Å². The molecule has 4 unspecified atom stereocenters. The van der Waals surface area contributed by atoms with E-state index in [2.05, 4.69) is 0 Å². The van der Waals surface area contributed by atoms with Crippen molar-refractivity contribution in [2.75, 3.05) is 0 Å². The fourth-order valence-electron chi connectivity index (χ4n) is 4.16. The van der Waals surface area contributed by atoms with Crippen LogP contribution in [0.2, 0.25) is 0 Å². The number of aliphatic hydroxyl groups is 1. The van der Waals surface area contributed by atoms with Gasteiger partial charge >= 0.3 is 11.9 Å². The van der Waals surface area contributed by atoms with E-state index in [1.54, 1.807) is 33.8 Å². The number of ether oxygens (including phenoxy) is 2. The van der Waals surface area contributed by atoms with E-state index in [9.17, 15) is 19.5 Å². The van der Waals surface area contributed by atoms with Gasteiger partial charge in [0.1, 0.15) is 11.9 Å². The molecule has 2 aliphatic carbocycles. The van der Waals surface area contributed by atoms with Crippen molar-refractivity contribution in [3.63, 3.8) is 0 Å². The number of esters is 2. The Kier molecular flexibility index (Phi) is 4.22. The Morgan fingerprint density at radius 1 is 1.42 bits per heavy atom. The third-order valence-corrected chi connectivity index (χ3v) is 6.38. The fourth-order valence-corrected chi connectivity index (χ4v) is 4.16. The van der Waals surface area contributed by atoms with Crippen molar-refractivity contribution in [2.24, 2.45) is 11.3 Å². The highest BCUT2D eigenvalue weighted by Crippen LogP contribution is 2.57. The summed E-state index contributed by atoms with van der Waals surface area (Å²) >= 11 is 0. The average molecular weight is 360 g/mol. The number of carbonyl (C=O) groups is 3. The summed E-state index contributed by atoms with van der Waals surface area (Å²) in [7, 11) is 0. The van der Waals surface area contributed by atoms with E-state index in [4.69, 9.17) is 9.47 Å². The minimum absolute atomic E-state index is 0.117. The van der Waals surface area contributed by atoms with Crippen LogP contribution < -0.4 is 0 Å². The highest BCUT2D eigenvalue weighted by Gasteiger charge is 2.66. The highest BCUT2D eigenvalue weighted by atomic mass is 16.6. The van der Waals surface area contributed by atoms with E-state index in [1.165, 1.54) is 6.08 Å². The lowest BCUT2D eigenvalue weighted by Crippen LogP contribution is -2.65. The molecule has 1 fully saturated rings. The summed E-state index contributed by atoms with van der Waals surface area (Å²) in [6.45, 7) is 8.62. The Bertz CT molecular complexity index is 801. The Labute approximate surface area is 152 Å². The number of hydrogen-bond acceptors (Lipinski definition) is 6. The molecule has 3 rings (SSSR count). The SMILES string of the molecule is CC=C(C)C(=O)OC1C2=C(C)C(=O)OC2=CC2(O)C(=O)CCC(C)C12C. The van der Waals surface area contributed by atoms with E-state index >= 15 is 0 Å². The Morgan fingerprint density at radius 2 is 2.08 bits per heavy atom. The molecule has 0 aromatic heterocycles. The van der Waals surface area contributed by atoms with E-state index in [0.717, 1.165) is 0 Å². The van der Waals surface area contributed by atoms with Crippen LogP contribution in [0.4, 0.5) is 0 Å². The first-order valence-corrected chi connectivity index (χ1v) is 8.83. The molecule has 6 nitrogen and oxygen atoms in total. The summed E-state index contributed by atoms with van der Waals surface area (Å²) in [6.07, 6.45) is 2.79. The first kappa shape index (κ1) is 18.6. The third kappa shape index (κ3) is 2.24. The molecule has 140 valence electrons. The second kappa shape index (κ2) is 5.91. The van der Waals surface area contributed by atoms with Gasteiger partial charge in [-0.3, -0.25) is 4.79 Å². The third-order valence-electron chi connectivity index (χ3n) is 6.38. The van der Waals surface area contributed by atoms with Crippen molar-refractivity contribution in [1.82, 2.24) is 0 Å². The smallest absolute Gasteiger partial charge is 0.339 e. The lowest BCUT2D eigenvalue weighted by molar-refractivity contribution is -0.186. The molecule has 3 aliphatic rings. The molecule has 26 heavy (non-hydrogen) atoms. The van der Waals surface area contributed by atoms with Crippen LogP contribution in [0.5, 0.6) is 0 Å². The van der Waals surface area contributed by atoms with Crippen molar-refractivity contribution in [2.45, 2.75) is 59.2 Å². The molecule has 0 aromatic carbocycles.